The highest BCUT2D eigenvalue weighted by molar-refractivity contribution is 5.83. The van der Waals surface area contributed by atoms with Crippen LogP contribution < -0.4 is 10.6 Å². The Morgan fingerprint density at radius 1 is 0.680 bits per heavy atom. The van der Waals surface area contributed by atoms with Gasteiger partial charge in [-0.1, -0.05) is 91.0 Å². The maximum absolute atomic E-state index is 12.8. The van der Waals surface area contributed by atoms with Crippen molar-refractivity contribution < 1.29 is 4.79 Å². The molecule has 1 amide bonds. The molecule has 126 valence electrons. The van der Waals surface area contributed by atoms with Crippen molar-refractivity contribution in [1.29, 1.82) is 0 Å². The van der Waals surface area contributed by atoms with Gasteiger partial charge in [0.25, 0.3) is 0 Å². The smallest absolute Gasteiger partial charge is 0.242 e. The van der Waals surface area contributed by atoms with Gasteiger partial charge >= 0.3 is 0 Å². The molecule has 0 aromatic heterocycles. The topological polar surface area (TPSA) is 41.1 Å². The first-order chi connectivity index (χ1) is 12.3. The van der Waals surface area contributed by atoms with Gasteiger partial charge in [0.2, 0.25) is 5.91 Å². The zero-order chi connectivity index (χ0) is 17.3. The second-order valence-corrected chi connectivity index (χ2v) is 5.91. The van der Waals surface area contributed by atoms with Crippen LogP contribution in [-0.4, -0.2) is 5.91 Å². The lowest BCUT2D eigenvalue weighted by Crippen LogP contribution is -2.37. The summed E-state index contributed by atoms with van der Waals surface area (Å²) >= 11 is 0. The van der Waals surface area contributed by atoms with E-state index in [1.807, 2.05) is 78.9 Å². The molecule has 0 fully saturated rings. The van der Waals surface area contributed by atoms with Crippen LogP contribution in [0.1, 0.15) is 22.7 Å². The second-order valence-electron chi connectivity index (χ2n) is 5.91. The number of rotatable bonds is 7. The molecule has 3 heteroatoms. The Kier molecular flexibility index (Phi) is 5.96. The standard InChI is InChI=1S/C22H22N2O/c25-22(24-17-19-12-6-2-7-13-19)21(20-14-8-3-9-15-20)23-16-18-10-4-1-5-11-18/h1-15,21,23H,16-17H2,(H,24,25)/t21-/m0/s1. The Hall–Kier alpha value is -2.91. The van der Waals surface area contributed by atoms with Gasteiger partial charge < -0.3 is 5.32 Å². The van der Waals surface area contributed by atoms with Crippen LogP contribution in [0.3, 0.4) is 0 Å². The first-order valence-electron chi connectivity index (χ1n) is 8.47. The molecule has 0 heterocycles. The van der Waals surface area contributed by atoms with Gasteiger partial charge in [-0.15, -0.1) is 0 Å². The summed E-state index contributed by atoms with van der Waals surface area (Å²) in [5, 5.41) is 6.41. The molecule has 3 aromatic rings. The summed E-state index contributed by atoms with van der Waals surface area (Å²) in [6.45, 7) is 1.16. The third-order valence-corrected chi connectivity index (χ3v) is 4.06. The Labute approximate surface area is 148 Å². The Balaban J connectivity index is 1.68. The average molecular weight is 330 g/mol. The number of carbonyl (C=O) groups excluding carboxylic acids is 1. The van der Waals surface area contributed by atoms with Crippen molar-refractivity contribution in [2.45, 2.75) is 19.1 Å². The summed E-state index contributed by atoms with van der Waals surface area (Å²) in [6.07, 6.45) is 0. The van der Waals surface area contributed by atoms with Crippen LogP contribution >= 0.6 is 0 Å². The van der Waals surface area contributed by atoms with E-state index in [1.54, 1.807) is 0 Å². The predicted octanol–water partition coefficient (Wildman–Crippen LogP) is 3.83. The largest absolute Gasteiger partial charge is 0.350 e. The number of benzene rings is 3. The Morgan fingerprint density at radius 2 is 1.16 bits per heavy atom. The third kappa shape index (κ3) is 5.03. The Morgan fingerprint density at radius 3 is 1.72 bits per heavy atom. The van der Waals surface area contributed by atoms with Gasteiger partial charge in [0.15, 0.2) is 0 Å². The van der Waals surface area contributed by atoms with Crippen LogP contribution in [0.4, 0.5) is 0 Å². The van der Waals surface area contributed by atoms with Crippen molar-refractivity contribution >= 4 is 5.91 Å². The molecule has 0 aliphatic heterocycles. The van der Waals surface area contributed by atoms with Crippen molar-refractivity contribution in [3.8, 4) is 0 Å². The van der Waals surface area contributed by atoms with E-state index in [9.17, 15) is 4.79 Å². The molecule has 0 bridgehead atoms. The van der Waals surface area contributed by atoms with Gasteiger partial charge in [0.1, 0.15) is 6.04 Å². The highest BCUT2D eigenvalue weighted by Crippen LogP contribution is 2.14. The number of nitrogens with one attached hydrogen (secondary N) is 2. The van der Waals surface area contributed by atoms with E-state index >= 15 is 0 Å². The summed E-state index contributed by atoms with van der Waals surface area (Å²) in [4.78, 5) is 12.8. The van der Waals surface area contributed by atoms with Gasteiger partial charge in [-0.25, -0.2) is 0 Å². The molecule has 1 atom stereocenters. The van der Waals surface area contributed by atoms with E-state index < -0.39 is 0 Å². The minimum absolute atomic E-state index is 0.0222. The zero-order valence-corrected chi connectivity index (χ0v) is 14.1. The summed E-state index contributed by atoms with van der Waals surface area (Å²) in [5.74, 6) is -0.0222. The quantitative estimate of drug-likeness (QED) is 0.691. The fraction of sp³-hybridized carbons (Fsp3) is 0.136. The van der Waals surface area contributed by atoms with Crippen molar-refractivity contribution in [3.05, 3.63) is 108 Å². The van der Waals surface area contributed by atoms with Gasteiger partial charge in [-0.05, 0) is 16.7 Å². The van der Waals surface area contributed by atoms with E-state index in [0.717, 1.165) is 16.7 Å². The molecular formula is C22H22N2O. The summed E-state index contributed by atoms with van der Waals surface area (Å²) in [7, 11) is 0. The summed E-state index contributed by atoms with van der Waals surface area (Å²) in [5.41, 5.74) is 3.20. The molecule has 0 saturated carbocycles. The molecular weight excluding hydrogens is 308 g/mol. The van der Waals surface area contributed by atoms with Crippen molar-refractivity contribution in [3.63, 3.8) is 0 Å². The summed E-state index contributed by atoms with van der Waals surface area (Å²) in [6, 6.07) is 29.5. The second kappa shape index (κ2) is 8.81. The third-order valence-electron chi connectivity index (χ3n) is 4.06. The van der Waals surface area contributed by atoms with Crippen LogP contribution in [0.2, 0.25) is 0 Å². The molecule has 0 radical (unpaired) electrons. The lowest BCUT2D eigenvalue weighted by molar-refractivity contribution is -0.123. The summed E-state index contributed by atoms with van der Waals surface area (Å²) < 4.78 is 0. The Bertz CT molecular complexity index is 773. The normalized spacial score (nSPS) is 11.7. The van der Waals surface area contributed by atoms with Gasteiger partial charge in [0, 0.05) is 13.1 Å². The van der Waals surface area contributed by atoms with Crippen LogP contribution in [0, 0.1) is 0 Å². The molecule has 0 aliphatic carbocycles. The van der Waals surface area contributed by atoms with Crippen LogP contribution in [0.25, 0.3) is 0 Å². The van der Waals surface area contributed by atoms with E-state index in [1.165, 1.54) is 0 Å². The minimum atomic E-state index is -0.384. The van der Waals surface area contributed by atoms with Gasteiger partial charge in [-0.3, -0.25) is 10.1 Å². The molecule has 3 rings (SSSR count). The van der Waals surface area contributed by atoms with Crippen LogP contribution in [-0.2, 0) is 17.9 Å². The first-order valence-corrected chi connectivity index (χ1v) is 8.47. The highest BCUT2D eigenvalue weighted by atomic mass is 16.2. The zero-order valence-electron chi connectivity index (χ0n) is 14.1. The van der Waals surface area contributed by atoms with Crippen molar-refractivity contribution in [1.82, 2.24) is 10.6 Å². The molecule has 2 N–H and O–H groups in total. The lowest BCUT2D eigenvalue weighted by Gasteiger charge is -2.19. The fourth-order valence-electron chi connectivity index (χ4n) is 2.71. The van der Waals surface area contributed by atoms with Gasteiger partial charge in [0.05, 0.1) is 0 Å². The van der Waals surface area contributed by atoms with Crippen molar-refractivity contribution in [2.24, 2.45) is 0 Å². The minimum Gasteiger partial charge on any atom is -0.350 e. The molecule has 0 unspecified atom stereocenters. The molecule has 3 nitrogen and oxygen atoms in total. The number of hydrogen-bond donors (Lipinski definition) is 2. The lowest BCUT2D eigenvalue weighted by atomic mass is 10.1. The van der Waals surface area contributed by atoms with Gasteiger partial charge in [-0.2, -0.15) is 0 Å². The molecule has 0 spiro atoms. The maximum atomic E-state index is 12.8. The molecule has 0 saturated heterocycles. The van der Waals surface area contributed by atoms with E-state index in [4.69, 9.17) is 0 Å². The predicted molar refractivity (Wildman–Crippen MR) is 101 cm³/mol. The number of carbonyl (C=O) groups is 1. The van der Waals surface area contributed by atoms with E-state index in [-0.39, 0.29) is 11.9 Å². The van der Waals surface area contributed by atoms with E-state index in [2.05, 4.69) is 22.8 Å². The molecule has 0 aliphatic rings. The first kappa shape index (κ1) is 16.9. The number of hydrogen-bond acceptors (Lipinski definition) is 2. The fourth-order valence-corrected chi connectivity index (χ4v) is 2.71. The maximum Gasteiger partial charge on any atom is 0.242 e. The number of amides is 1. The monoisotopic (exact) mass is 330 g/mol. The van der Waals surface area contributed by atoms with Crippen LogP contribution in [0.5, 0.6) is 0 Å². The molecule has 3 aromatic carbocycles. The van der Waals surface area contributed by atoms with Crippen molar-refractivity contribution in [2.75, 3.05) is 0 Å². The SMILES string of the molecule is O=C(NCc1ccccc1)[C@@H](NCc1ccccc1)c1ccccc1. The van der Waals surface area contributed by atoms with Crippen LogP contribution in [0.15, 0.2) is 91.0 Å². The van der Waals surface area contributed by atoms with E-state index in [0.29, 0.717) is 13.1 Å². The highest BCUT2D eigenvalue weighted by Gasteiger charge is 2.19. The molecule has 25 heavy (non-hydrogen) atoms. The average Bonchev–Trinajstić information content (AvgIpc) is 2.69.